The highest BCUT2D eigenvalue weighted by Crippen LogP contribution is 2.46. The van der Waals surface area contributed by atoms with Crippen molar-refractivity contribution in [3.05, 3.63) is 30.1 Å². The number of carbonyl (C=O) groups is 2. The highest BCUT2D eigenvalue weighted by Gasteiger charge is 2.29. The third-order valence-corrected chi connectivity index (χ3v) is 7.30. The van der Waals surface area contributed by atoms with Gasteiger partial charge >= 0.3 is 0 Å². The second-order valence-corrected chi connectivity index (χ2v) is 10.3. The molecule has 2 atom stereocenters. The molecule has 4 heterocycles. The van der Waals surface area contributed by atoms with Crippen molar-refractivity contribution < 1.29 is 28.9 Å². The van der Waals surface area contributed by atoms with Crippen LogP contribution in [-0.4, -0.2) is 75.9 Å². The lowest BCUT2D eigenvalue weighted by molar-refractivity contribution is -0.141. The Morgan fingerprint density at radius 1 is 1.26 bits per heavy atom. The number of aromatic amines is 1. The summed E-state index contributed by atoms with van der Waals surface area (Å²) in [5.41, 5.74) is 2.14. The van der Waals surface area contributed by atoms with E-state index in [0.717, 1.165) is 12.8 Å². The number of aromatic nitrogens is 3. The maximum atomic E-state index is 13.2. The number of aliphatic hydroxyl groups excluding tert-OH is 1. The van der Waals surface area contributed by atoms with Gasteiger partial charge in [0.25, 0.3) is 11.8 Å². The number of ether oxygens (including phenoxy) is 3. The summed E-state index contributed by atoms with van der Waals surface area (Å²) in [6.45, 7) is 3.76. The Kier molecular flexibility index (Phi) is 6.52. The van der Waals surface area contributed by atoms with Crippen molar-refractivity contribution in [3.8, 4) is 28.6 Å². The molecule has 0 radical (unpaired) electrons. The van der Waals surface area contributed by atoms with E-state index in [1.807, 2.05) is 12.1 Å². The van der Waals surface area contributed by atoms with Crippen LogP contribution in [0.3, 0.4) is 0 Å². The number of likely N-dealkylation sites (tertiary alicyclic amines) is 1. The van der Waals surface area contributed by atoms with Gasteiger partial charge in [-0.2, -0.15) is 0 Å². The van der Waals surface area contributed by atoms with Crippen LogP contribution in [0, 0.1) is 11.8 Å². The fraction of sp³-hybridized carbons (Fsp3) is 0.481. The van der Waals surface area contributed by atoms with Crippen LogP contribution >= 0.6 is 0 Å². The number of hydrogen-bond donors (Lipinski definition) is 3. The zero-order valence-corrected chi connectivity index (χ0v) is 21.2. The van der Waals surface area contributed by atoms with Crippen LogP contribution in [-0.2, 0) is 4.79 Å². The minimum atomic E-state index is -1.02. The van der Waals surface area contributed by atoms with E-state index in [-0.39, 0.29) is 24.5 Å². The molecule has 6 rings (SSSR count). The molecule has 3 N–H and O–H groups in total. The lowest BCUT2D eigenvalue weighted by Gasteiger charge is -2.33. The molecule has 1 aromatic carbocycles. The molecule has 1 aliphatic carbocycles. The highest BCUT2D eigenvalue weighted by molar-refractivity contribution is 6.05. The fourth-order valence-electron chi connectivity index (χ4n) is 5.01. The van der Waals surface area contributed by atoms with Gasteiger partial charge < -0.3 is 34.5 Å². The topological polar surface area (TPSA) is 139 Å². The molecule has 200 valence electrons. The monoisotopic (exact) mass is 521 g/mol. The molecule has 2 aromatic heterocycles. The summed E-state index contributed by atoms with van der Waals surface area (Å²) in [5, 5.41) is 12.6. The third kappa shape index (κ3) is 4.85. The predicted molar refractivity (Wildman–Crippen MR) is 137 cm³/mol. The Bertz CT molecular complexity index is 1370. The zero-order chi connectivity index (χ0) is 26.2. The fourth-order valence-corrected chi connectivity index (χ4v) is 5.01. The van der Waals surface area contributed by atoms with E-state index in [1.165, 1.54) is 19.8 Å². The largest absolute Gasteiger partial charge is 0.492 e. The van der Waals surface area contributed by atoms with Crippen LogP contribution in [0.5, 0.6) is 17.2 Å². The van der Waals surface area contributed by atoms with Crippen LogP contribution in [0.4, 0.5) is 0 Å². The van der Waals surface area contributed by atoms with Crippen LogP contribution in [0.1, 0.15) is 43.0 Å². The number of fused-ring (bicyclic) bond motifs is 2. The van der Waals surface area contributed by atoms with E-state index in [2.05, 4.69) is 15.3 Å². The number of aliphatic hydroxyl groups is 1. The number of H-pyrrole nitrogens is 1. The van der Waals surface area contributed by atoms with Gasteiger partial charge in [-0.1, -0.05) is 0 Å². The average molecular weight is 522 g/mol. The second-order valence-electron chi connectivity index (χ2n) is 10.3. The Morgan fingerprint density at radius 2 is 2.13 bits per heavy atom. The number of amides is 2. The molecule has 3 aliphatic rings. The van der Waals surface area contributed by atoms with Crippen molar-refractivity contribution in [3.63, 3.8) is 0 Å². The molecule has 0 spiro atoms. The zero-order valence-electron chi connectivity index (χ0n) is 21.2. The Balaban J connectivity index is 1.22. The van der Waals surface area contributed by atoms with Gasteiger partial charge in [0.1, 0.15) is 22.9 Å². The average Bonchev–Trinajstić information content (AvgIpc) is 3.47. The summed E-state index contributed by atoms with van der Waals surface area (Å²) in [4.78, 5) is 39.4. The number of hydrogen-bond acceptors (Lipinski definition) is 8. The van der Waals surface area contributed by atoms with Gasteiger partial charge in [-0.3, -0.25) is 9.59 Å². The van der Waals surface area contributed by atoms with Crippen molar-refractivity contribution in [2.45, 2.75) is 38.7 Å². The molecule has 3 aromatic rings. The summed E-state index contributed by atoms with van der Waals surface area (Å²) >= 11 is 0. The standard InChI is InChI=1S/C27H31N5O6/c1-15(33)27(35)32-8-2-3-17(12-32)9-30-26(34)18-10-28-19-11-29-25(31-23(18)19)22-20(36-13-16-4-5-16)6-7-21-24(22)38-14-37-21/h6-7,10-11,15-17,28,33H,2-5,8-9,12-14H2,1H3,(H,30,34)/t15-,17?/m0/s1. The smallest absolute Gasteiger partial charge is 0.255 e. The summed E-state index contributed by atoms with van der Waals surface area (Å²) in [7, 11) is 0. The summed E-state index contributed by atoms with van der Waals surface area (Å²) < 4.78 is 17.4. The summed E-state index contributed by atoms with van der Waals surface area (Å²) in [6, 6.07) is 3.67. The minimum absolute atomic E-state index is 0.107. The lowest BCUT2D eigenvalue weighted by Crippen LogP contribution is -2.46. The Hall–Kier alpha value is -3.86. The van der Waals surface area contributed by atoms with Gasteiger partial charge in [0.2, 0.25) is 6.79 Å². The molecule has 11 nitrogen and oxygen atoms in total. The number of nitrogens with one attached hydrogen (secondary N) is 2. The van der Waals surface area contributed by atoms with Crippen molar-refractivity contribution in [2.75, 3.05) is 33.0 Å². The normalized spacial score (nSPS) is 19.4. The number of carbonyl (C=O) groups excluding carboxylic acids is 2. The van der Waals surface area contributed by atoms with E-state index >= 15 is 0 Å². The molecule has 1 saturated heterocycles. The third-order valence-electron chi connectivity index (χ3n) is 7.30. The molecule has 38 heavy (non-hydrogen) atoms. The maximum absolute atomic E-state index is 13.2. The molecule has 11 heteroatoms. The molecule has 2 fully saturated rings. The van der Waals surface area contributed by atoms with Crippen molar-refractivity contribution in [1.82, 2.24) is 25.2 Å². The van der Waals surface area contributed by atoms with Gasteiger partial charge in [-0.25, -0.2) is 9.97 Å². The number of piperidine rings is 1. The number of nitrogens with zero attached hydrogens (tertiary/aromatic N) is 3. The SMILES string of the molecule is C[C@H](O)C(=O)N1CCCC(CNC(=O)c2c[nH]c3cnc(-c4c(OCC5CC5)ccc5c4OCO5)nc23)C1. The molecule has 1 unspecified atom stereocenters. The molecule has 2 amide bonds. The quantitative estimate of drug-likeness (QED) is 0.411. The lowest BCUT2D eigenvalue weighted by atomic mass is 9.97. The predicted octanol–water partition coefficient (Wildman–Crippen LogP) is 2.49. The van der Waals surface area contributed by atoms with Crippen molar-refractivity contribution >= 4 is 22.8 Å². The minimum Gasteiger partial charge on any atom is -0.492 e. The second kappa shape index (κ2) is 10.1. The van der Waals surface area contributed by atoms with Gasteiger partial charge in [-0.05, 0) is 56.6 Å². The number of benzene rings is 1. The van der Waals surface area contributed by atoms with Crippen LogP contribution < -0.4 is 19.5 Å². The van der Waals surface area contributed by atoms with Gasteiger partial charge in [0, 0.05) is 25.8 Å². The Labute approximate surface area is 219 Å². The summed E-state index contributed by atoms with van der Waals surface area (Å²) in [6.07, 6.45) is 6.32. The summed E-state index contributed by atoms with van der Waals surface area (Å²) in [5.74, 6) is 2.29. The van der Waals surface area contributed by atoms with Crippen LogP contribution in [0.15, 0.2) is 24.5 Å². The van der Waals surface area contributed by atoms with Crippen LogP contribution in [0.2, 0.25) is 0 Å². The first-order chi connectivity index (χ1) is 18.5. The van der Waals surface area contributed by atoms with Crippen molar-refractivity contribution in [1.29, 1.82) is 0 Å². The molecule has 2 aliphatic heterocycles. The van der Waals surface area contributed by atoms with E-state index < -0.39 is 6.10 Å². The van der Waals surface area contributed by atoms with Gasteiger partial charge in [0.15, 0.2) is 17.3 Å². The molecular formula is C27H31N5O6. The molecule has 0 bridgehead atoms. The van der Waals surface area contributed by atoms with E-state index in [1.54, 1.807) is 17.3 Å². The first-order valence-corrected chi connectivity index (χ1v) is 13.1. The molecule has 1 saturated carbocycles. The maximum Gasteiger partial charge on any atom is 0.255 e. The van der Waals surface area contributed by atoms with Crippen molar-refractivity contribution in [2.24, 2.45) is 11.8 Å². The van der Waals surface area contributed by atoms with E-state index in [4.69, 9.17) is 19.2 Å². The van der Waals surface area contributed by atoms with Gasteiger partial charge in [0.05, 0.1) is 23.9 Å². The first kappa shape index (κ1) is 24.5. The number of rotatable bonds is 8. The van der Waals surface area contributed by atoms with Crippen LogP contribution in [0.25, 0.3) is 22.4 Å². The molecular weight excluding hydrogens is 490 g/mol. The van der Waals surface area contributed by atoms with Gasteiger partial charge in [-0.15, -0.1) is 0 Å². The Morgan fingerprint density at radius 3 is 2.95 bits per heavy atom. The highest BCUT2D eigenvalue weighted by atomic mass is 16.7. The first-order valence-electron chi connectivity index (χ1n) is 13.1. The van der Waals surface area contributed by atoms with E-state index in [9.17, 15) is 14.7 Å². The van der Waals surface area contributed by atoms with E-state index in [0.29, 0.717) is 77.4 Å².